The summed E-state index contributed by atoms with van der Waals surface area (Å²) in [5, 5.41) is 0. The van der Waals surface area contributed by atoms with Crippen molar-refractivity contribution in [2.24, 2.45) is 5.73 Å². The minimum Gasteiger partial charge on any atom is -0.371 e. The van der Waals surface area contributed by atoms with Crippen LogP contribution in [0.15, 0.2) is 60.7 Å². The van der Waals surface area contributed by atoms with Gasteiger partial charge >= 0.3 is 0 Å². The molecule has 3 heteroatoms. The van der Waals surface area contributed by atoms with Gasteiger partial charge in [-0.1, -0.05) is 79.9 Å². The summed E-state index contributed by atoms with van der Waals surface area (Å²) in [6.07, 6.45) is 5.99. The zero-order valence-corrected chi connectivity index (χ0v) is 15.5. The van der Waals surface area contributed by atoms with Crippen LogP contribution in [0.3, 0.4) is 0 Å². The number of hydrogen-bond acceptors (Lipinski definition) is 3. The lowest BCUT2D eigenvalue weighted by atomic mass is 9.69. The molecular formula is C22H27NOS. The SMILES string of the molecule is N[C@@H]1COC2(CCCCC2)C(c2ccccc2)(c2ccccc2)SC1. The fourth-order valence-electron chi connectivity index (χ4n) is 4.60. The minimum atomic E-state index is -0.190. The number of ether oxygens (including phenoxy) is 1. The van der Waals surface area contributed by atoms with E-state index in [4.69, 9.17) is 10.5 Å². The van der Waals surface area contributed by atoms with Crippen LogP contribution in [0.5, 0.6) is 0 Å². The molecule has 2 aliphatic rings. The first kappa shape index (κ1) is 17.1. The predicted octanol–water partition coefficient (Wildman–Crippen LogP) is 4.72. The van der Waals surface area contributed by atoms with Crippen LogP contribution < -0.4 is 5.73 Å². The molecule has 4 rings (SSSR count). The maximum atomic E-state index is 6.72. The highest BCUT2D eigenvalue weighted by Crippen LogP contribution is 2.58. The standard InChI is InChI=1S/C22H27NOS/c23-20-16-24-21(14-8-3-9-15-21)22(25-17-20,18-10-4-1-5-11-18)19-12-6-2-7-13-19/h1-2,4-7,10-13,20H,3,8-9,14-17,23H2/t20-/m1/s1. The summed E-state index contributed by atoms with van der Waals surface area (Å²) in [6, 6.07) is 22.0. The first-order chi connectivity index (χ1) is 12.3. The van der Waals surface area contributed by atoms with Crippen LogP contribution in [0.2, 0.25) is 0 Å². The van der Waals surface area contributed by atoms with E-state index in [0.717, 1.165) is 18.6 Å². The van der Waals surface area contributed by atoms with Gasteiger partial charge in [-0.15, -0.1) is 11.8 Å². The second-order valence-corrected chi connectivity index (χ2v) is 8.58. The number of benzene rings is 2. The molecule has 1 heterocycles. The lowest BCUT2D eigenvalue weighted by Gasteiger charge is -2.51. The van der Waals surface area contributed by atoms with Gasteiger partial charge in [-0.3, -0.25) is 0 Å². The van der Waals surface area contributed by atoms with Gasteiger partial charge in [0.15, 0.2) is 0 Å². The van der Waals surface area contributed by atoms with Gasteiger partial charge < -0.3 is 10.5 Å². The second kappa shape index (κ2) is 7.14. The molecule has 2 N–H and O–H groups in total. The highest BCUT2D eigenvalue weighted by atomic mass is 32.2. The molecule has 0 bridgehead atoms. The maximum Gasteiger partial charge on any atom is 0.0947 e. The number of thioether (sulfide) groups is 1. The molecule has 25 heavy (non-hydrogen) atoms. The first-order valence-corrected chi connectivity index (χ1v) is 10.4. The summed E-state index contributed by atoms with van der Waals surface area (Å²) in [4.78, 5) is 0. The zero-order chi connectivity index (χ0) is 17.2. The third-order valence-corrected chi connectivity index (χ3v) is 7.62. The Bertz CT molecular complexity index is 642. The highest BCUT2D eigenvalue weighted by Gasteiger charge is 2.56. The van der Waals surface area contributed by atoms with Crippen molar-refractivity contribution < 1.29 is 4.74 Å². The Labute approximate surface area is 155 Å². The molecule has 132 valence electrons. The fraction of sp³-hybridized carbons (Fsp3) is 0.455. The molecule has 1 aliphatic heterocycles. The largest absolute Gasteiger partial charge is 0.371 e. The van der Waals surface area contributed by atoms with Crippen LogP contribution in [0.4, 0.5) is 0 Å². The van der Waals surface area contributed by atoms with Gasteiger partial charge in [-0.25, -0.2) is 0 Å². The fourth-order valence-corrected chi connectivity index (χ4v) is 6.30. The predicted molar refractivity (Wildman–Crippen MR) is 106 cm³/mol. The molecule has 0 amide bonds. The summed E-state index contributed by atoms with van der Waals surface area (Å²) in [7, 11) is 0. The van der Waals surface area contributed by atoms with Crippen LogP contribution in [0.25, 0.3) is 0 Å². The average molecular weight is 354 g/mol. The molecular weight excluding hydrogens is 326 g/mol. The van der Waals surface area contributed by atoms with Gasteiger partial charge in [0.25, 0.3) is 0 Å². The lowest BCUT2D eigenvalue weighted by molar-refractivity contribution is -0.0897. The van der Waals surface area contributed by atoms with Crippen molar-refractivity contribution >= 4 is 11.8 Å². The molecule has 0 radical (unpaired) electrons. The molecule has 2 fully saturated rings. The Hall–Kier alpha value is -1.29. The van der Waals surface area contributed by atoms with Crippen molar-refractivity contribution in [3.05, 3.63) is 71.8 Å². The molecule has 1 spiro atoms. The molecule has 1 saturated heterocycles. The van der Waals surface area contributed by atoms with E-state index in [1.54, 1.807) is 0 Å². The van der Waals surface area contributed by atoms with Gasteiger partial charge in [0.05, 0.1) is 17.0 Å². The van der Waals surface area contributed by atoms with Gasteiger partial charge in [0, 0.05) is 11.8 Å². The van der Waals surface area contributed by atoms with Gasteiger partial charge in [0.2, 0.25) is 0 Å². The molecule has 0 aromatic heterocycles. The van der Waals surface area contributed by atoms with Crippen molar-refractivity contribution in [3.8, 4) is 0 Å². The molecule has 2 nitrogen and oxygen atoms in total. The van der Waals surface area contributed by atoms with E-state index in [1.165, 1.54) is 30.4 Å². The van der Waals surface area contributed by atoms with E-state index >= 15 is 0 Å². The van der Waals surface area contributed by atoms with Crippen molar-refractivity contribution in [1.29, 1.82) is 0 Å². The Morgan fingerprint density at radius 1 is 0.840 bits per heavy atom. The molecule has 1 saturated carbocycles. The highest BCUT2D eigenvalue weighted by molar-refractivity contribution is 8.00. The van der Waals surface area contributed by atoms with Gasteiger partial charge in [0.1, 0.15) is 0 Å². The Morgan fingerprint density at radius 3 is 1.96 bits per heavy atom. The third kappa shape index (κ3) is 2.92. The number of hydrogen-bond donors (Lipinski definition) is 1. The molecule has 0 unspecified atom stereocenters. The quantitative estimate of drug-likeness (QED) is 0.848. The van der Waals surface area contributed by atoms with E-state index in [0.29, 0.717) is 6.61 Å². The second-order valence-electron chi connectivity index (χ2n) is 7.35. The monoisotopic (exact) mass is 353 g/mol. The van der Waals surface area contributed by atoms with E-state index < -0.39 is 0 Å². The number of rotatable bonds is 2. The van der Waals surface area contributed by atoms with Crippen molar-refractivity contribution in [2.45, 2.75) is 48.5 Å². The van der Waals surface area contributed by atoms with E-state index in [2.05, 4.69) is 60.7 Å². The van der Waals surface area contributed by atoms with Crippen LogP contribution in [0, 0.1) is 0 Å². The minimum absolute atomic E-state index is 0.0955. The van der Waals surface area contributed by atoms with E-state index in [9.17, 15) is 0 Å². The topological polar surface area (TPSA) is 35.2 Å². The summed E-state index contributed by atoms with van der Waals surface area (Å²) in [5.74, 6) is 0.922. The summed E-state index contributed by atoms with van der Waals surface area (Å²) in [5.41, 5.74) is 8.88. The van der Waals surface area contributed by atoms with E-state index in [1.807, 2.05) is 11.8 Å². The maximum absolute atomic E-state index is 6.72. The number of nitrogens with two attached hydrogens (primary N) is 1. The molecule has 2 aromatic rings. The average Bonchev–Trinajstić information content (AvgIpc) is 2.82. The third-order valence-electron chi connectivity index (χ3n) is 5.75. The van der Waals surface area contributed by atoms with E-state index in [-0.39, 0.29) is 16.4 Å². The molecule has 2 aromatic carbocycles. The smallest absolute Gasteiger partial charge is 0.0947 e. The molecule has 1 aliphatic carbocycles. The Balaban J connectivity index is 1.95. The zero-order valence-electron chi connectivity index (χ0n) is 14.7. The van der Waals surface area contributed by atoms with Gasteiger partial charge in [-0.2, -0.15) is 0 Å². The summed E-state index contributed by atoms with van der Waals surface area (Å²) >= 11 is 2.00. The van der Waals surface area contributed by atoms with Crippen molar-refractivity contribution in [3.63, 3.8) is 0 Å². The van der Waals surface area contributed by atoms with Crippen molar-refractivity contribution in [1.82, 2.24) is 0 Å². The first-order valence-electron chi connectivity index (χ1n) is 9.41. The molecule has 1 atom stereocenters. The Morgan fingerprint density at radius 2 is 1.40 bits per heavy atom. The summed E-state index contributed by atoms with van der Waals surface area (Å²) in [6.45, 7) is 0.661. The van der Waals surface area contributed by atoms with Crippen LogP contribution in [-0.4, -0.2) is 24.0 Å². The summed E-state index contributed by atoms with van der Waals surface area (Å²) < 4.78 is 6.53. The normalized spacial score (nSPS) is 25.4. The van der Waals surface area contributed by atoms with Crippen molar-refractivity contribution in [2.75, 3.05) is 12.4 Å². The van der Waals surface area contributed by atoms with Gasteiger partial charge in [-0.05, 0) is 24.0 Å². The lowest BCUT2D eigenvalue weighted by Crippen LogP contribution is -2.53. The Kier molecular flexibility index (Phi) is 4.90. The van der Waals surface area contributed by atoms with Crippen LogP contribution in [0.1, 0.15) is 43.2 Å². The van der Waals surface area contributed by atoms with Crippen LogP contribution >= 0.6 is 11.8 Å². The van der Waals surface area contributed by atoms with Crippen LogP contribution in [-0.2, 0) is 9.48 Å².